The van der Waals surface area contributed by atoms with Gasteiger partial charge in [0.2, 0.25) is 12.4 Å². The van der Waals surface area contributed by atoms with E-state index in [-0.39, 0.29) is 77.8 Å². The van der Waals surface area contributed by atoms with Gasteiger partial charge in [-0.1, -0.05) is 26.3 Å². The van der Waals surface area contributed by atoms with Gasteiger partial charge in [0.1, 0.15) is 0 Å². The van der Waals surface area contributed by atoms with Gasteiger partial charge in [-0.05, 0) is 51.4 Å². The molecule has 1 rings (SSSR count). The average molecular weight is 767 g/mol. The molecule has 4 atom stereocenters. The Hall–Kier alpha value is -5.32. The van der Waals surface area contributed by atoms with E-state index in [9.17, 15) is 38.4 Å². The number of esters is 8. The lowest BCUT2D eigenvalue weighted by atomic mass is 10.0. The third kappa shape index (κ3) is 21.3. The van der Waals surface area contributed by atoms with Crippen molar-refractivity contribution in [3.63, 3.8) is 0 Å². The molecular formula is C37H50O17. The second-order valence-electron chi connectivity index (χ2n) is 11.4. The van der Waals surface area contributed by atoms with E-state index < -0.39 is 79.0 Å². The minimum atomic E-state index is -1.59. The summed E-state index contributed by atoms with van der Waals surface area (Å²) in [5.74, 6) is -5.57. The highest BCUT2D eigenvalue weighted by molar-refractivity contribution is 5.82. The van der Waals surface area contributed by atoms with E-state index in [1.54, 1.807) is 0 Å². The second-order valence-corrected chi connectivity index (χ2v) is 11.4. The molecule has 17 heteroatoms. The summed E-state index contributed by atoms with van der Waals surface area (Å²) in [5.41, 5.74) is 0. The van der Waals surface area contributed by atoms with Crippen LogP contribution in [0.5, 0.6) is 0 Å². The van der Waals surface area contributed by atoms with Crippen LogP contribution in [-0.4, -0.2) is 105 Å². The van der Waals surface area contributed by atoms with Crippen molar-refractivity contribution < 1.29 is 81.0 Å². The third-order valence-electron chi connectivity index (χ3n) is 7.19. The highest BCUT2D eigenvalue weighted by Gasteiger charge is 2.49. The predicted molar refractivity (Wildman–Crippen MR) is 185 cm³/mol. The summed E-state index contributed by atoms with van der Waals surface area (Å²) < 4.78 is 47.8. The Balaban J connectivity index is 3.12. The van der Waals surface area contributed by atoms with Gasteiger partial charge in [-0.3, -0.25) is 19.2 Å². The van der Waals surface area contributed by atoms with E-state index in [0.717, 1.165) is 24.3 Å². The molecule has 1 unspecified atom stereocenters. The van der Waals surface area contributed by atoms with Crippen LogP contribution in [0.1, 0.15) is 77.0 Å². The lowest BCUT2D eigenvalue weighted by Crippen LogP contribution is -2.58. The Morgan fingerprint density at radius 3 is 1.11 bits per heavy atom. The molecule has 0 saturated carbocycles. The first kappa shape index (κ1) is 46.7. The van der Waals surface area contributed by atoms with Gasteiger partial charge >= 0.3 is 47.8 Å². The number of rotatable bonds is 28. The van der Waals surface area contributed by atoms with Crippen molar-refractivity contribution in [3.05, 3.63) is 50.6 Å². The Bertz CT molecular complexity index is 1210. The number of hydrogen-bond donors (Lipinski definition) is 0. The van der Waals surface area contributed by atoms with Crippen LogP contribution in [-0.2, 0) is 81.0 Å². The van der Waals surface area contributed by atoms with Gasteiger partial charge in [0, 0.05) is 50.0 Å². The molecule has 1 saturated heterocycles. The standard InChI is InChI=1S/C37H50O17/c1-5-27(38)46-21-13-9-17-31(42)51-26-25-50-37(54-34(45)20-12-16-24-49-30(41)8-4)36(53-33(44)19-11-15-23-48-29(40)7-3)35(26)52-32(43)18-10-14-22-47-28(39)6-2/h5-8,26,35-37H,1-4,9-25H2/t26-,35+,36-,37?/m1/s1. The largest absolute Gasteiger partial charge is 0.463 e. The summed E-state index contributed by atoms with van der Waals surface area (Å²) in [6.45, 7) is 12.9. The summed E-state index contributed by atoms with van der Waals surface area (Å²) >= 11 is 0. The van der Waals surface area contributed by atoms with Crippen molar-refractivity contribution in [2.75, 3.05) is 33.0 Å². The average Bonchev–Trinajstić information content (AvgIpc) is 3.15. The molecule has 0 radical (unpaired) electrons. The van der Waals surface area contributed by atoms with Crippen molar-refractivity contribution >= 4 is 47.8 Å². The van der Waals surface area contributed by atoms with Crippen LogP contribution in [0.15, 0.2) is 50.6 Å². The molecule has 0 aromatic heterocycles. The van der Waals surface area contributed by atoms with E-state index in [0.29, 0.717) is 25.7 Å². The van der Waals surface area contributed by atoms with Gasteiger partial charge in [-0.15, -0.1) is 0 Å². The van der Waals surface area contributed by atoms with Crippen molar-refractivity contribution in [2.45, 2.75) is 102 Å². The van der Waals surface area contributed by atoms with E-state index >= 15 is 0 Å². The summed E-state index contributed by atoms with van der Waals surface area (Å²) in [6.07, 6.45) is -0.335. The summed E-state index contributed by atoms with van der Waals surface area (Å²) in [4.78, 5) is 96.9. The fourth-order valence-electron chi connectivity index (χ4n) is 4.46. The summed E-state index contributed by atoms with van der Waals surface area (Å²) in [6, 6.07) is 0. The highest BCUT2D eigenvalue weighted by atomic mass is 16.7. The van der Waals surface area contributed by atoms with Crippen LogP contribution < -0.4 is 0 Å². The molecular weight excluding hydrogens is 716 g/mol. The van der Waals surface area contributed by atoms with Gasteiger partial charge in [0.25, 0.3) is 0 Å². The molecule has 0 aromatic rings. The number of carbonyl (C=O) groups excluding carboxylic acids is 8. The first-order valence-electron chi connectivity index (χ1n) is 17.5. The lowest BCUT2D eigenvalue weighted by Gasteiger charge is -2.40. The maximum atomic E-state index is 13.1. The Morgan fingerprint density at radius 2 is 0.759 bits per heavy atom. The molecule has 1 aliphatic heterocycles. The Labute approximate surface area is 313 Å². The zero-order valence-corrected chi connectivity index (χ0v) is 30.4. The fourth-order valence-corrected chi connectivity index (χ4v) is 4.46. The van der Waals surface area contributed by atoms with Crippen molar-refractivity contribution in [1.29, 1.82) is 0 Å². The van der Waals surface area contributed by atoms with Gasteiger partial charge in [-0.2, -0.15) is 0 Å². The smallest absolute Gasteiger partial charge is 0.330 e. The van der Waals surface area contributed by atoms with Gasteiger partial charge in [0.05, 0.1) is 33.0 Å². The van der Waals surface area contributed by atoms with Gasteiger partial charge in [-0.25, -0.2) is 19.2 Å². The summed E-state index contributed by atoms with van der Waals surface area (Å²) in [5, 5.41) is 0. The number of carbonyl (C=O) groups is 8. The Morgan fingerprint density at radius 1 is 0.444 bits per heavy atom. The molecule has 0 N–H and O–H groups in total. The molecule has 0 aliphatic carbocycles. The zero-order valence-electron chi connectivity index (χ0n) is 30.4. The van der Waals surface area contributed by atoms with E-state index in [1.165, 1.54) is 0 Å². The molecule has 1 fully saturated rings. The third-order valence-corrected chi connectivity index (χ3v) is 7.19. The normalized spacial score (nSPS) is 17.3. The van der Waals surface area contributed by atoms with Gasteiger partial charge in [0.15, 0.2) is 12.2 Å². The van der Waals surface area contributed by atoms with Crippen LogP contribution in [0.25, 0.3) is 0 Å². The van der Waals surface area contributed by atoms with Crippen LogP contribution >= 0.6 is 0 Å². The van der Waals surface area contributed by atoms with Crippen LogP contribution in [0.4, 0.5) is 0 Å². The van der Waals surface area contributed by atoms with Crippen LogP contribution in [0.3, 0.4) is 0 Å². The van der Waals surface area contributed by atoms with Crippen molar-refractivity contribution in [2.24, 2.45) is 0 Å². The highest BCUT2D eigenvalue weighted by Crippen LogP contribution is 2.27. The molecule has 17 nitrogen and oxygen atoms in total. The maximum Gasteiger partial charge on any atom is 0.330 e. The molecule has 300 valence electrons. The van der Waals surface area contributed by atoms with Crippen molar-refractivity contribution in [1.82, 2.24) is 0 Å². The molecule has 0 spiro atoms. The molecule has 54 heavy (non-hydrogen) atoms. The zero-order chi connectivity index (χ0) is 40.1. The van der Waals surface area contributed by atoms with E-state index in [4.69, 9.17) is 42.6 Å². The van der Waals surface area contributed by atoms with E-state index in [1.807, 2.05) is 0 Å². The minimum Gasteiger partial charge on any atom is -0.463 e. The van der Waals surface area contributed by atoms with E-state index in [2.05, 4.69) is 26.3 Å². The number of ether oxygens (including phenoxy) is 9. The van der Waals surface area contributed by atoms with Crippen molar-refractivity contribution in [3.8, 4) is 0 Å². The molecule has 0 amide bonds. The molecule has 1 heterocycles. The molecule has 1 aliphatic rings. The molecule has 0 aromatic carbocycles. The maximum absolute atomic E-state index is 13.1. The topological polar surface area (TPSA) is 220 Å². The SMILES string of the molecule is C=CC(=O)OCCCCC(=O)OC1OC[C@@H](OC(=O)CCCCOC(=O)C=C)[C@H](OC(=O)CCCCOC(=O)C=C)[C@H]1OC(=O)CCCCOC(=O)C=C. The predicted octanol–water partition coefficient (Wildman–Crippen LogP) is 3.22. The van der Waals surface area contributed by atoms with Crippen LogP contribution in [0, 0.1) is 0 Å². The second kappa shape index (κ2) is 28.2. The number of unbranched alkanes of at least 4 members (excludes halogenated alkanes) is 4. The quantitative estimate of drug-likeness (QED) is 0.0483. The summed E-state index contributed by atoms with van der Waals surface area (Å²) in [7, 11) is 0. The molecule has 0 bridgehead atoms. The minimum absolute atomic E-state index is 0.0133. The Kier molecular flexibility index (Phi) is 24.4. The van der Waals surface area contributed by atoms with Gasteiger partial charge < -0.3 is 42.6 Å². The lowest BCUT2D eigenvalue weighted by molar-refractivity contribution is -0.275. The first-order valence-corrected chi connectivity index (χ1v) is 17.5. The van der Waals surface area contributed by atoms with Crippen LogP contribution in [0.2, 0.25) is 0 Å². The first-order chi connectivity index (χ1) is 25.9. The monoisotopic (exact) mass is 766 g/mol. The fraction of sp³-hybridized carbons (Fsp3) is 0.568. The number of hydrogen-bond acceptors (Lipinski definition) is 17.